The first kappa shape index (κ1) is 19.4. The molecule has 0 N–H and O–H groups in total. The normalized spacial score (nSPS) is 11.4. The van der Waals surface area contributed by atoms with Crippen LogP contribution in [0.4, 0.5) is 11.4 Å². The molecule has 2 heterocycles. The monoisotopic (exact) mass is 390 g/mol. The minimum atomic E-state index is 0.964. The zero-order valence-corrected chi connectivity index (χ0v) is 17.0. The second kappa shape index (κ2) is 9.05. The number of rotatable bonds is 5. The largest absolute Gasteiger partial charge is 0.265 e. The average Bonchev–Trinajstić information content (AvgIpc) is 2.79. The Morgan fingerprint density at radius 3 is 1.33 bits per heavy atom. The molecule has 0 fully saturated rings. The first-order chi connectivity index (χ1) is 14.7. The van der Waals surface area contributed by atoms with Crippen LogP contribution < -0.4 is 0 Å². The summed E-state index contributed by atoms with van der Waals surface area (Å²) in [7, 11) is 0. The molecule has 0 unspecified atom stereocenters. The molecule has 30 heavy (non-hydrogen) atoms. The summed E-state index contributed by atoms with van der Waals surface area (Å²) in [5.74, 6) is 0. The van der Waals surface area contributed by atoms with Gasteiger partial charge in [0, 0.05) is 37.2 Å². The van der Waals surface area contributed by atoms with Crippen molar-refractivity contribution >= 4 is 23.8 Å². The van der Waals surface area contributed by atoms with Crippen LogP contribution in [0.1, 0.15) is 22.3 Å². The lowest BCUT2D eigenvalue weighted by Gasteiger charge is -2.08. The van der Waals surface area contributed by atoms with Crippen molar-refractivity contribution in [3.8, 4) is 11.1 Å². The Kier molecular flexibility index (Phi) is 5.85. The van der Waals surface area contributed by atoms with Crippen LogP contribution in [0, 0.1) is 13.8 Å². The Labute approximate surface area is 176 Å². The van der Waals surface area contributed by atoms with Crippen molar-refractivity contribution in [1.82, 2.24) is 9.97 Å². The van der Waals surface area contributed by atoms with E-state index < -0.39 is 0 Å². The third kappa shape index (κ3) is 4.73. The lowest BCUT2D eigenvalue weighted by Crippen LogP contribution is -1.85. The minimum Gasteiger partial charge on any atom is -0.265 e. The van der Waals surface area contributed by atoms with Crippen molar-refractivity contribution in [2.45, 2.75) is 13.8 Å². The van der Waals surface area contributed by atoms with E-state index in [-0.39, 0.29) is 0 Å². The molecule has 0 spiro atoms. The van der Waals surface area contributed by atoms with Gasteiger partial charge in [0.15, 0.2) is 0 Å². The maximum atomic E-state index is 4.62. The molecular weight excluding hydrogens is 368 g/mol. The fourth-order valence-electron chi connectivity index (χ4n) is 3.15. The molecule has 0 amide bonds. The van der Waals surface area contributed by atoms with E-state index in [1.54, 1.807) is 24.8 Å². The van der Waals surface area contributed by atoms with Gasteiger partial charge in [-0.15, -0.1) is 0 Å². The van der Waals surface area contributed by atoms with Gasteiger partial charge in [-0.3, -0.25) is 20.0 Å². The molecule has 4 rings (SSSR count). The molecule has 146 valence electrons. The summed E-state index contributed by atoms with van der Waals surface area (Å²) in [4.78, 5) is 17.3. The van der Waals surface area contributed by atoms with Gasteiger partial charge >= 0.3 is 0 Å². The number of aromatic nitrogens is 2. The van der Waals surface area contributed by atoms with Crippen molar-refractivity contribution in [1.29, 1.82) is 0 Å². The number of aliphatic imine (C=N–C) groups is 2. The molecule has 0 aliphatic heterocycles. The van der Waals surface area contributed by atoms with Gasteiger partial charge in [0.1, 0.15) is 0 Å². The first-order valence-electron chi connectivity index (χ1n) is 9.79. The summed E-state index contributed by atoms with van der Waals surface area (Å²) in [6.07, 6.45) is 10.8. The van der Waals surface area contributed by atoms with Crippen LogP contribution in [0.15, 0.2) is 95.4 Å². The fraction of sp³-hybridized carbons (Fsp3) is 0.0769. The van der Waals surface area contributed by atoms with Gasteiger partial charge in [0.05, 0.1) is 11.4 Å². The summed E-state index contributed by atoms with van der Waals surface area (Å²) >= 11 is 0. The summed E-state index contributed by atoms with van der Waals surface area (Å²) in [5, 5.41) is 0. The number of aryl methyl sites for hydroxylation is 2. The molecule has 4 aromatic rings. The predicted molar refractivity (Wildman–Crippen MR) is 124 cm³/mol. The van der Waals surface area contributed by atoms with E-state index >= 15 is 0 Å². The Hall–Kier alpha value is -3.92. The van der Waals surface area contributed by atoms with Gasteiger partial charge in [-0.05, 0) is 95.8 Å². The maximum Gasteiger partial charge on any atom is 0.0659 e. The van der Waals surface area contributed by atoms with Crippen LogP contribution in [-0.2, 0) is 0 Å². The van der Waals surface area contributed by atoms with Gasteiger partial charge in [0.25, 0.3) is 0 Å². The fourth-order valence-corrected chi connectivity index (χ4v) is 3.15. The Morgan fingerprint density at radius 2 is 0.967 bits per heavy atom. The van der Waals surface area contributed by atoms with Crippen LogP contribution in [0.3, 0.4) is 0 Å². The first-order valence-corrected chi connectivity index (χ1v) is 9.79. The molecule has 0 aliphatic carbocycles. The van der Waals surface area contributed by atoms with Crippen LogP contribution in [-0.4, -0.2) is 22.4 Å². The number of nitrogens with zero attached hydrogens (tertiary/aromatic N) is 4. The second-order valence-corrected chi connectivity index (χ2v) is 7.08. The average molecular weight is 390 g/mol. The van der Waals surface area contributed by atoms with Gasteiger partial charge in [0.2, 0.25) is 0 Å². The van der Waals surface area contributed by atoms with Gasteiger partial charge in [-0.2, -0.15) is 0 Å². The zero-order valence-electron chi connectivity index (χ0n) is 17.0. The summed E-state index contributed by atoms with van der Waals surface area (Å²) in [6.45, 7) is 4.17. The smallest absolute Gasteiger partial charge is 0.0659 e. The highest BCUT2D eigenvalue weighted by molar-refractivity contribution is 5.83. The lowest BCUT2D eigenvalue weighted by molar-refractivity contribution is 1.32. The molecule has 0 saturated heterocycles. The van der Waals surface area contributed by atoms with Crippen molar-refractivity contribution in [3.63, 3.8) is 0 Å². The Balaban J connectivity index is 1.54. The quantitative estimate of drug-likeness (QED) is 0.378. The molecule has 0 aliphatic rings. The highest BCUT2D eigenvalue weighted by Gasteiger charge is 2.04. The van der Waals surface area contributed by atoms with E-state index in [1.807, 2.05) is 36.7 Å². The standard InChI is InChI=1S/C26H22N4/c1-19-15-23(3-5-25(19)29-17-21-7-11-27-12-8-21)24-4-6-26(20(2)16-24)30-18-22-9-13-28-14-10-22/h3-18H,1-2H3. The SMILES string of the molecule is Cc1cc(-c2ccc(N=Cc3ccncc3)c(C)c2)ccc1N=Cc1ccncc1. The predicted octanol–water partition coefficient (Wildman–Crippen LogP) is 6.26. The van der Waals surface area contributed by atoms with Gasteiger partial charge in [-0.25, -0.2) is 0 Å². The lowest BCUT2D eigenvalue weighted by atomic mass is 10.00. The third-order valence-electron chi connectivity index (χ3n) is 4.84. The molecule has 2 aromatic heterocycles. The van der Waals surface area contributed by atoms with Gasteiger partial charge < -0.3 is 0 Å². The number of pyridine rings is 2. The maximum absolute atomic E-state index is 4.62. The highest BCUT2D eigenvalue weighted by Crippen LogP contribution is 2.30. The number of hydrogen-bond donors (Lipinski definition) is 0. The van der Waals surface area contributed by atoms with Crippen molar-refractivity contribution < 1.29 is 0 Å². The van der Waals surface area contributed by atoms with Crippen LogP contribution in [0.2, 0.25) is 0 Å². The van der Waals surface area contributed by atoms with Crippen molar-refractivity contribution in [3.05, 3.63) is 108 Å². The minimum absolute atomic E-state index is 0.964. The van der Waals surface area contributed by atoms with E-state index in [2.05, 4.69) is 70.2 Å². The van der Waals surface area contributed by atoms with E-state index in [0.29, 0.717) is 0 Å². The van der Waals surface area contributed by atoms with Crippen LogP contribution in [0.5, 0.6) is 0 Å². The number of hydrogen-bond acceptors (Lipinski definition) is 4. The molecule has 4 heteroatoms. The Bertz CT molecular complexity index is 1100. The molecule has 0 bridgehead atoms. The third-order valence-corrected chi connectivity index (χ3v) is 4.84. The van der Waals surface area contributed by atoms with E-state index in [4.69, 9.17) is 0 Å². The van der Waals surface area contributed by atoms with Crippen molar-refractivity contribution in [2.24, 2.45) is 9.98 Å². The molecule has 0 saturated carbocycles. The van der Waals surface area contributed by atoms with E-state index in [9.17, 15) is 0 Å². The Morgan fingerprint density at radius 1 is 0.567 bits per heavy atom. The molecule has 0 radical (unpaired) electrons. The summed E-state index contributed by atoms with van der Waals surface area (Å²) in [5.41, 5.74) is 8.60. The van der Waals surface area contributed by atoms with Crippen LogP contribution >= 0.6 is 0 Å². The second-order valence-electron chi connectivity index (χ2n) is 7.08. The number of benzene rings is 2. The molecule has 2 aromatic carbocycles. The van der Waals surface area contributed by atoms with Crippen LogP contribution in [0.25, 0.3) is 11.1 Å². The molecule has 4 nitrogen and oxygen atoms in total. The molecule has 0 atom stereocenters. The summed E-state index contributed by atoms with van der Waals surface area (Å²) < 4.78 is 0. The van der Waals surface area contributed by atoms with Crippen molar-refractivity contribution in [2.75, 3.05) is 0 Å². The summed E-state index contributed by atoms with van der Waals surface area (Å²) in [6, 6.07) is 20.5. The van der Waals surface area contributed by atoms with E-state index in [1.165, 1.54) is 11.1 Å². The highest BCUT2D eigenvalue weighted by atomic mass is 14.7. The van der Waals surface area contributed by atoms with E-state index in [0.717, 1.165) is 33.6 Å². The van der Waals surface area contributed by atoms with Gasteiger partial charge in [-0.1, -0.05) is 12.1 Å². The zero-order chi connectivity index (χ0) is 20.8. The topological polar surface area (TPSA) is 50.5 Å². The molecular formula is C26H22N4.